The molecule has 0 aliphatic heterocycles. The molecule has 0 fully saturated rings. The standard InChI is InChI=1S/C18H15NO2S/c1-21-18(20)10-8-13-7-9-16-15(11-13)17(12-19-16)22-14-5-3-2-4-6-14/h2-12,19H,1H3/b10-8+. The zero-order valence-electron chi connectivity index (χ0n) is 12.1. The van der Waals surface area contributed by atoms with Gasteiger partial charge in [0.25, 0.3) is 0 Å². The molecule has 1 aromatic heterocycles. The number of benzene rings is 2. The van der Waals surface area contributed by atoms with Crippen LogP contribution in [0.3, 0.4) is 0 Å². The Labute approximate surface area is 133 Å². The van der Waals surface area contributed by atoms with Crippen molar-refractivity contribution in [2.24, 2.45) is 0 Å². The molecule has 0 saturated heterocycles. The first kappa shape index (κ1) is 14.5. The summed E-state index contributed by atoms with van der Waals surface area (Å²) in [7, 11) is 1.37. The van der Waals surface area contributed by atoms with Crippen LogP contribution in [0.5, 0.6) is 0 Å². The Morgan fingerprint density at radius 1 is 1.18 bits per heavy atom. The monoisotopic (exact) mass is 309 g/mol. The van der Waals surface area contributed by atoms with Crippen molar-refractivity contribution in [2.75, 3.05) is 7.11 Å². The molecule has 0 spiro atoms. The van der Waals surface area contributed by atoms with Crippen molar-refractivity contribution in [1.29, 1.82) is 0 Å². The van der Waals surface area contributed by atoms with Gasteiger partial charge in [-0.05, 0) is 35.9 Å². The zero-order chi connectivity index (χ0) is 15.4. The van der Waals surface area contributed by atoms with Crippen molar-refractivity contribution in [3.8, 4) is 0 Å². The second-order valence-electron chi connectivity index (χ2n) is 4.73. The quantitative estimate of drug-likeness (QED) is 0.569. The Kier molecular flexibility index (Phi) is 4.30. The third kappa shape index (κ3) is 3.23. The summed E-state index contributed by atoms with van der Waals surface area (Å²) < 4.78 is 4.61. The SMILES string of the molecule is COC(=O)/C=C/c1ccc2[nH]cc(Sc3ccccc3)c2c1. The Balaban J connectivity index is 1.92. The molecule has 3 aromatic rings. The van der Waals surface area contributed by atoms with Crippen LogP contribution in [-0.2, 0) is 9.53 Å². The van der Waals surface area contributed by atoms with Gasteiger partial charge in [-0.3, -0.25) is 0 Å². The van der Waals surface area contributed by atoms with Crippen molar-refractivity contribution in [2.45, 2.75) is 9.79 Å². The molecule has 22 heavy (non-hydrogen) atoms. The average molecular weight is 309 g/mol. The van der Waals surface area contributed by atoms with Gasteiger partial charge in [-0.25, -0.2) is 4.79 Å². The highest BCUT2D eigenvalue weighted by atomic mass is 32.2. The molecule has 1 N–H and O–H groups in total. The first-order chi connectivity index (χ1) is 10.8. The summed E-state index contributed by atoms with van der Waals surface area (Å²) in [6, 6.07) is 16.3. The molecular formula is C18H15NO2S. The Bertz CT molecular complexity index is 821. The van der Waals surface area contributed by atoms with E-state index in [0.29, 0.717) is 0 Å². The Morgan fingerprint density at radius 2 is 2.00 bits per heavy atom. The van der Waals surface area contributed by atoms with Crippen LogP contribution in [0.15, 0.2) is 70.6 Å². The number of ether oxygens (including phenoxy) is 1. The highest BCUT2D eigenvalue weighted by Gasteiger charge is 2.06. The molecule has 4 heteroatoms. The number of aromatic nitrogens is 1. The first-order valence-electron chi connectivity index (χ1n) is 6.86. The van der Waals surface area contributed by atoms with Crippen LogP contribution >= 0.6 is 11.8 Å². The highest BCUT2D eigenvalue weighted by molar-refractivity contribution is 7.99. The van der Waals surface area contributed by atoms with Crippen LogP contribution in [0, 0.1) is 0 Å². The van der Waals surface area contributed by atoms with Crippen LogP contribution in [0.25, 0.3) is 17.0 Å². The third-order valence-electron chi connectivity index (χ3n) is 3.25. The van der Waals surface area contributed by atoms with E-state index in [9.17, 15) is 4.79 Å². The van der Waals surface area contributed by atoms with E-state index in [1.165, 1.54) is 18.1 Å². The molecule has 1 heterocycles. The number of esters is 1. The van der Waals surface area contributed by atoms with Crippen LogP contribution in [0.2, 0.25) is 0 Å². The number of H-pyrrole nitrogens is 1. The summed E-state index contributed by atoms with van der Waals surface area (Å²) in [6.45, 7) is 0. The van der Waals surface area contributed by atoms with Crippen LogP contribution in [-0.4, -0.2) is 18.1 Å². The van der Waals surface area contributed by atoms with Crippen molar-refractivity contribution in [3.05, 3.63) is 66.4 Å². The molecule has 0 aliphatic carbocycles. The average Bonchev–Trinajstić information content (AvgIpc) is 2.96. The lowest BCUT2D eigenvalue weighted by molar-refractivity contribution is -0.134. The molecule has 0 unspecified atom stereocenters. The summed E-state index contributed by atoms with van der Waals surface area (Å²) in [4.78, 5) is 16.8. The van der Waals surface area contributed by atoms with Crippen molar-refractivity contribution in [3.63, 3.8) is 0 Å². The molecule has 3 rings (SSSR count). The van der Waals surface area contributed by atoms with Gasteiger partial charge in [0.05, 0.1) is 7.11 Å². The van der Waals surface area contributed by atoms with Gasteiger partial charge in [-0.2, -0.15) is 0 Å². The molecule has 2 aromatic carbocycles. The number of nitrogens with one attached hydrogen (secondary N) is 1. The normalized spacial score (nSPS) is 11.1. The smallest absolute Gasteiger partial charge is 0.330 e. The van der Waals surface area contributed by atoms with Gasteiger partial charge in [0, 0.05) is 33.0 Å². The molecule has 0 radical (unpaired) electrons. The van der Waals surface area contributed by atoms with Gasteiger partial charge in [0.15, 0.2) is 0 Å². The molecule has 110 valence electrons. The fraction of sp³-hybridized carbons (Fsp3) is 0.0556. The number of methoxy groups -OCH3 is 1. The van der Waals surface area contributed by atoms with Gasteiger partial charge in [-0.1, -0.05) is 36.0 Å². The predicted octanol–water partition coefficient (Wildman–Crippen LogP) is 4.51. The number of fused-ring (bicyclic) bond motifs is 1. The Morgan fingerprint density at radius 3 is 2.77 bits per heavy atom. The molecular weight excluding hydrogens is 294 g/mol. The molecule has 0 amide bonds. The maximum Gasteiger partial charge on any atom is 0.330 e. The minimum atomic E-state index is -0.354. The van der Waals surface area contributed by atoms with Crippen LogP contribution < -0.4 is 0 Å². The van der Waals surface area contributed by atoms with Gasteiger partial charge in [0.1, 0.15) is 0 Å². The predicted molar refractivity (Wildman–Crippen MR) is 89.9 cm³/mol. The van der Waals surface area contributed by atoms with Crippen molar-refractivity contribution < 1.29 is 9.53 Å². The molecule has 0 aliphatic rings. The minimum Gasteiger partial charge on any atom is -0.466 e. The number of rotatable bonds is 4. The number of hydrogen-bond donors (Lipinski definition) is 1. The van der Waals surface area contributed by atoms with Crippen LogP contribution in [0.4, 0.5) is 0 Å². The van der Waals surface area contributed by atoms with E-state index in [4.69, 9.17) is 0 Å². The van der Waals surface area contributed by atoms with E-state index in [1.807, 2.05) is 36.5 Å². The lowest BCUT2D eigenvalue weighted by Crippen LogP contribution is -1.93. The topological polar surface area (TPSA) is 42.1 Å². The maximum atomic E-state index is 11.2. The molecule has 0 bridgehead atoms. The summed E-state index contributed by atoms with van der Waals surface area (Å²) in [5, 5.41) is 1.14. The van der Waals surface area contributed by atoms with E-state index in [-0.39, 0.29) is 5.97 Å². The molecule has 0 saturated carbocycles. The fourth-order valence-electron chi connectivity index (χ4n) is 2.15. The Hall–Kier alpha value is -2.46. The number of carbonyl (C=O) groups excluding carboxylic acids is 1. The van der Waals surface area contributed by atoms with Crippen molar-refractivity contribution >= 4 is 34.7 Å². The van der Waals surface area contributed by atoms with E-state index in [1.54, 1.807) is 17.8 Å². The summed E-state index contributed by atoms with van der Waals surface area (Å²) in [5.41, 5.74) is 2.04. The molecule has 0 atom stereocenters. The number of carbonyl (C=O) groups is 1. The van der Waals surface area contributed by atoms with E-state index < -0.39 is 0 Å². The van der Waals surface area contributed by atoms with E-state index in [2.05, 4.69) is 27.9 Å². The number of aromatic amines is 1. The maximum absolute atomic E-state index is 11.2. The highest BCUT2D eigenvalue weighted by Crippen LogP contribution is 2.34. The first-order valence-corrected chi connectivity index (χ1v) is 7.68. The molecule has 3 nitrogen and oxygen atoms in total. The summed E-state index contributed by atoms with van der Waals surface area (Å²) >= 11 is 1.71. The van der Waals surface area contributed by atoms with Crippen molar-refractivity contribution in [1.82, 2.24) is 4.98 Å². The zero-order valence-corrected chi connectivity index (χ0v) is 12.9. The van der Waals surface area contributed by atoms with Crippen LogP contribution in [0.1, 0.15) is 5.56 Å². The minimum absolute atomic E-state index is 0.354. The van der Waals surface area contributed by atoms with Gasteiger partial charge < -0.3 is 9.72 Å². The fourth-order valence-corrected chi connectivity index (χ4v) is 3.09. The summed E-state index contributed by atoms with van der Waals surface area (Å²) in [6.07, 6.45) is 5.20. The van der Waals surface area contributed by atoms with Gasteiger partial charge in [0.2, 0.25) is 0 Å². The van der Waals surface area contributed by atoms with E-state index in [0.717, 1.165) is 21.4 Å². The number of hydrogen-bond acceptors (Lipinski definition) is 3. The van der Waals surface area contributed by atoms with E-state index >= 15 is 0 Å². The second-order valence-corrected chi connectivity index (χ2v) is 5.84. The summed E-state index contributed by atoms with van der Waals surface area (Å²) in [5.74, 6) is -0.354. The van der Waals surface area contributed by atoms with Gasteiger partial charge >= 0.3 is 5.97 Å². The second kappa shape index (κ2) is 6.54. The lowest BCUT2D eigenvalue weighted by Gasteiger charge is -2.01. The third-order valence-corrected chi connectivity index (χ3v) is 4.32. The largest absolute Gasteiger partial charge is 0.466 e. The lowest BCUT2D eigenvalue weighted by atomic mass is 10.1. The van der Waals surface area contributed by atoms with Gasteiger partial charge in [-0.15, -0.1) is 0 Å².